The number of alkyl halides is 2. The Morgan fingerprint density at radius 3 is 2.57 bits per heavy atom. The second-order valence-electron chi connectivity index (χ2n) is 3.92. The van der Waals surface area contributed by atoms with Crippen LogP contribution < -0.4 is 5.32 Å². The van der Waals surface area contributed by atoms with E-state index in [1.807, 2.05) is 4.90 Å². The van der Waals surface area contributed by atoms with Crippen LogP contribution >= 0.6 is 0 Å². The second kappa shape index (κ2) is 6.30. The van der Waals surface area contributed by atoms with Crippen molar-refractivity contribution in [3.8, 4) is 0 Å². The predicted molar refractivity (Wildman–Crippen MR) is 55.9 cm³/mol. The zero-order valence-corrected chi connectivity index (χ0v) is 8.81. The highest BCUT2D eigenvalue weighted by Crippen LogP contribution is 2.11. The van der Waals surface area contributed by atoms with Crippen molar-refractivity contribution in [1.29, 1.82) is 0 Å². The van der Waals surface area contributed by atoms with E-state index in [-0.39, 0.29) is 7.97 Å². The summed E-state index contributed by atoms with van der Waals surface area (Å²) >= 11 is 0. The Morgan fingerprint density at radius 2 is 2.07 bits per heavy atom. The highest BCUT2D eigenvalue weighted by Gasteiger charge is 2.20. The number of hydrogen-bond acceptors (Lipinski definition) is 2. The molecule has 1 fully saturated rings. The SMILES string of the molecule is CCCNC1CCN(CC(F)F)CC1.[HH]. The molecule has 0 atom stereocenters. The molecule has 2 nitrogen and oxygen atoms in total. The first-order chi connectivity index (χ1) is 6.72. The molecule has 86 valence electrons. The van der Waals surface area contributed by atoms with Crippen LogP contribution in [-0.2, 0) is 0 Å². The van der Waals surface area contributed by atoms with E-state index >= 15 is 0 Å². The second-order valence-corrected chi connectivity index (χ2v) is 3.92. The van der Waals surface area contributed by atoms with Crippen LogP contribution in [0.5, 0.6) is 0 Å². The first-order valence-electron chi connectivity index (χ1n) is 5.46. The first kappa shape index (κ1) is 11.9. The topological polar surface area (TPSA) is 15.3 Å². The van der Waals surface area contributed by atoms with Crippen LogP contribution in [0, 0.1) is 0 Å². The third-order valence-electron chi connectivity index (χ3n) is 2.67. The predicted octanol–water partition coefficient (Wildman–Crippen LogP) is 1.96. The lowest BCUT2D eigenvalue weighted by atomic mass is 10.1. The molecule has 14 heavy (non-hydrogen) atoms. The number of rotatable bonds is 5. The van der Waals surface area contributed by atoms with E-state index in [4.69, 9.17) is 0 Å². The third-order valence-corrected chi connectivity index (χ3v) is 2.67. The van der Waals surface area contributed by atoms with Gasteiger partial charge in [0.25, 0.3) is 6.43 Å². The summed E-state index contributed by atoms with van der Waals surface area (Å²) in [5.41, 5.74) is 0. The lowest BCUT2D eigenvalue weighted by molar-refractivity contribution is 0.0731. The fourth-order valence-electron chi connectivity index (χ4n) is 1.86. The molecule has 0 radical (unpaired) electrons. The molecule has 1 heterocycles. The van der Waals surface area contributed by atoms with Crippen LogP contribution in [0.2, 0.25) is 0 Å². The molecule has 0 aliphatic carbocycles. The molecule has 0 aromatic heterocycles. The first-order valence-corrected chi connectivity index (χ1v) is 5.46. The lowest BCUT2D eigenvalue weighted by Gasteiger charge is -2.32. The van der Waals surface area contributed by atoms with E-state index in [1.165, 1.54) is 0 Å². The Labute approximate surface area is 86.1 Å². The Balaban J connectivity index is 0.00000196. The van der Waals surface area contributed by atoms with Gasteiger partial charge in [0.1, 0.15) is 0 Å². The van der Waals surface area contributed by atoms with Gasteiger partial charge in [0.2, 0.25) is 0 Å². The summed E-state index contributed by atoms with van der Waals surface area (Å²) in [5, 5.41) is 3.43. The average Bonchev–Trinajstić information content (AvgIpc) is 2.16. The summed E-state index contributed by atoms with van der Waals surface area (Å²) in [5.74, 6) is 0. The Morgan fingerprint density at radius 1 is 1.43 bits per heavy atom. The number of hydrogen-bond donors (Lipinski definition) is 1. The van der Waals surface area contributed by atoms with Crippen molar-refractivity contribution in [2.75, 3.05) is 26.2 Å². The summed E-state index contributed by atoms with van der Waals surface area (Å²) in [4.78, 5) is 1.86. The van der Waals surface area contributed by atoms with E-state index in [2.05, 4.69) is 12.2 Å². The molecule has 0 saturated carbocycles. The van der Waals surface area contributed by atoms with E-state index < -0.39 is 6.43 Å². The van der Waals surface area contributed by atoms with Gasteiger partial charge >= 0.3 is 0 Å². The minimum absolute atomic E-state index is 0. The summed E-state index contributed by atoms with van der Waals surface area (Å²) in [7, 11) is 0. The summed E-state index contributed by atoms with van der Waals surface area (Å²) in [6.45, 7) is 4.75. The molecule has 1 N–H and O–H groups in total. The molecule has 0 unspecified atom stereocenters. The standard InChI is InChI=1S/C10H20F2N2.H2/c1-2-5-13-9-3-6-14(7-4-9)8-10(11)12;/h9-10,13H,2-8H2,1H3;1H. The van der Waals surface area contributed by atoms with Crippen LogP contribution in [0.4, 0.5) is 8.78 Å². The molecular formula is C10H22F2N2. The van der Waals surface area contributed by atoms with Crippen LogP contribution in [0.15, 0.2) is 0 Å². The van der Waals surface area contributed by atoms with E-state index in [0.717, 1.165) is 38.9 Å². The third kappa shape index (κ3) is 4.33. The van der Waals surface area contributed by atoms with E-state index in [1.54, 1.807) is 0 Å². The van der Waals surface area contributed by atoms with Crippen molar-refractivity contribution in [2.24, 2.45) is 0 Å². The van der Waals surface area contributed by atoms with Crippen molar-refractivity contribution < 1.29 is 10.2 Å². The fraction of sp³-hybridized carbons (Fsp3) is 1.00. The number of likely N-dealkylation sites (tertiary alicyclic amines) is 1. The lowest BCUT2D eigenvalue weighted by Crippen LogP contribution is -2.44. The molecule has 0 aromatic rings. The Bertz CT molecular complexity index is 150. The molecule has 4 heteroatoms. The highest BCUT2D eigenvalue weighted by molar-refractivity contribution is 4.77. The van der Waals surface area contributed by atoms with Gasteiger partial charge in [-0.1, -0.05) is 6.92 Å². The average molecular weight is 208 g/mol. The molecule has 1 aliphatic rings. The van der Waals surface area contributed by atoms with Gasteiger partial charge in [0, 0.05) is 7.47 Å². The number of nitrogens with zero attached hydrogens (tertiary/aromatic N) is 1. The van der Waals surface area contributed by atoms with Gasteiger partial charge in [-0.3, -0.25) is 4.90 Å². The Kier molecular flexibility index (Phi) is 5.33. The number of piperidine rings is 1. The quantitative estimate of drug-likeness (QED) is 0.743. The summed E-state index contributed by atoms with van der Waals surface area (Å²) in [6, 6.07) is 0.545. The molecule has 0 amide bonds. The van der Waals surface area contributed by atoms with E-state index in [0.29, 0.717) is 6.04 Å². The monoisotopic (exact) mass is 208 g/mol. The van der Waals surface area contributed by atoms with Crippen LogP contribution in [-0.4, -0.2) is 43.5 Å². The molecule has 0 bridgehead atoms. The van der Waals surface area contributed by atoms with Gasteiger partial charge in [0.05, 0.1) is 6.54 Å². The maximum absolute atomic E-state index is 12.1. The largest absolute Gasteiger partial charge is 0.314 e. The van der Waals surface area contributed by atoms with E-state index in [9.17, 15) is 8.78 Å². The maximum Gasteiger partial charge on any atom is 0.251 e. The Hall–Kier alpha value is -0.220. The zero-order chi connectivity index (χ0) is 10.4. The van der Waals surface area contributed by atoms with Gasteiger partial charge < -0.3 is 5.32 Å². The number of halogens is 2. The number of nitrogens with one attached hydrogen (secondary N) is 1. The zero-order valence-electron chi connectivity index (χ0n) is 8.81. The van der Waals surface area contributed by atoms with Crippen molar-refractivity contribution in [3.63, 3.8) is 0 Å². The van der Waals surface area contributed by atoms with Crippen LogP contribution in [0.25, 0.3) is 0 Å². The van der Waals surface area contributed by atoms with Crippen molar-refractivity contribution in [2.45, 2.75) is 38.7 Å². The normalized spacial score (nSPS) is 20.6. The van der Waals surface area contributed by atoms with Gasteiger partial charge in [0.15, 0.2) is 0 Å². The van der Waals surface area contributed by atoms with Gasteiger partial charge in [-0.2, -0.15) is 0 Å². The van der Waals surface area contributed by atoms with Crippen LogP contribution in [0.1, 0.15) is 27.6 Å². The maximum atomic E-state index is 12.1. The minimum atomic E-state index is -2.19. The summed E-state index contributed by atoms with van der Waals surface area (Å²) in [6.07, 6.45) is 0.964. The van der Waals surface area contributed by atoms with Gasteiger partial charge in [-0.05, 0) is 38.9 Å². The molecule has 1 aliphatic heterocycles. The minimum Gasteiger partial charge on any atom is -0.314 e. The van der Waals surface area contributed by atoms with Gasteiger partial charge in [-0.25, -0.2) is 8.78 Å². The molecule has 0 spiro atoms. The molecule has 0 aromatic carbocycles. The highest BCUT2D eigenvalue weighted by atomic mass is 19.3. The molecule has 1 rings (SSSR count). The fourth-order valence-corrected chi connectivity index (χ4v) is 1.86. The van der Waals surface area contributed by atoms with Crippen molar-refractivity contribution >= 4 is 0 Å². The van der Waals surface area contributed by atoms with Gasteiger partial charge in [-0.15, -0.1) is 0 Å². The molecule has 1 saturated heterocycles. The van der Waals surface area contributed by atoms with Crippen molar-refractivity contribution in [1.82, 2.24) is 10.2 Å². The molecular weight excluding hydrogens is 186 g/mol. The smallest absolute Gasteiger partial charge is 0.251 e. The van der Waals surface area contributed by atoms with Crippen LogP contribution in [0.3, 0.4) is 0 Å². The summed E-state index contributed by atoms with van der Waals surface area (Å²) < 4.78 is 24.1. The van der Waals surface area contributed by atoms with Crippen molar-refractivity contribution in [3.05, 3.63) is 0 Å².